The molecule has 2 aromatic rings. The summed E-state index contributed by atoms with van der Waals surface area (Å²) in [6.07, 6.45) is 1.28. The molecule has 1 N–H and O–H groups in total. The first-order valence-electron chi connectivity index (χ1n) is 6.07. The van der Waals surface area contributed by atoms with Gasteiger partial charge in [-0.1, -0.05) is 12.1 Å². The number of esters is 1. The molecule has 0 aliphatic carbocycles. The summed E-state index contributed by atoms with van der Waals surface area (Å²) in [7, 11) is 0. The van der Waals surface area contributed by atoms with Crippen molar-refractivity contribution in [1.29, 1.82) is 0 Å². The molecule has 0 fully saturated rings. The number of carbonyl (C=O) groups excluding carboxylic acids is 1. The second kappa shape index (κ2) is 5.56. The van der Waals surface area contributed by atoms with Gasteiger partial charge in [-0.2, -0.15) is 4.98 Å². The van der Waals surface area contributed by atoms with E-state index < -0.39 is 5.97 Å². The zero-order valence-corrected chi connectivity index (χ0v) is 11.2. The fourth-order valence-electron chi connectivity index (χ4n) is 1.62. The highest BCUT2D eigenvalue weighted by Gasteiger charge is 2.13. The van der Waals surface area contributed by atoms with E-state index in [1.165, 1.54) is 6.26 Å². The predicted molar refractivity (Wildman–Crippen MR) is 71.7 cm³/mol. The summed E-state index contributed by atoms with van der Waals surface area (Å²) in [5.41, 5.74) is 3.26. The predicted octanol–water partition coefficient (Wildman–Crippen LogP) is 3.21. The molecule has 100 valence electrons. The van der Waals surface area contributed by atoms with Crippen LogP contribution in [0.4, 0.5) is 11.7 Å². The second-order valence-electron chi connectivity index (χ2n) is 4.20. The van der Waals surface area contributed by atoms with Crippen LogP contribution in [0.5, 0.6) is 0 Å². The molecule has 0 amide bonds. The van der Waals surface area contributed by atoms with Crippen molar-refractivity contribution in [2.75, 3.05) is 11.9 Å². The Hall–Kier alpha value is -2.30. The topological polar surface area (TPSA) is 64.4 Å². The van der Waals surface area contributed by atoms with Gasteiger partial charge in [-0.15, -0.1) is 0 Å². The summed E-state index contributed by atoms with van der Waals surface area (Å²) in [5.74, 6) is -0.486. The number of hydrogen-bond donors (Lipinski definition) is 1. The van der Waals surface area contributed by atoms with Crippen LogP contribution in [0.2, 0.25) is 0 Å². The summed E-state index contributed by atoms with van der Waals surface area (Å²) in [6.45, 7) is 6.04. The van der Waals surface area contributed by atoms with E-state index in [-0.39, 0.29) is 11.7 Å². The van der Waals surface area contributed by atoms with Gasteiger partial charge in [0.15, 0.2) is 5.69 Å². The fourth-order valence-corrected chi connectivity index (χ4v) is 1.62. The minimum absolute atomic E-state index is 0.162. The number of ether oxygens (including phenoxy) is 1. The van der Waals surface area contributed by atoms with Crippen molar-refractivity contribution in [3.63, 3.8) is 0 Å². The number of anilines is 2. The standard InChI is InChI=1S/C14H16N2O3/c1-4-18-13(17)12-8-19-14(16-12)15-11-7-9(2)5-6-10(11)3/h5-8H,4H2,1-3H3,(H,15,16). The number of hydrogen-bond acceptors (Lipinski definition) is 5. The molecule has 0 atom stereocenters. The highest BCUT2D eigenvalue weighted by atomic mass is 16.5. The minimum Gasteiger partial charge on any atom is -0.461 e. The van der Waals surface area contributed by atoms with Crippen molar-refractivity contribution in [2.45, 2.75) is 20.8 Å². The zero-order valence-electron chi connectivity index (χ0n) is 11.2. The number of aryl methyl sites for hydroxylation is 2. The monoisotopic (exact) mass is 260 g/mol. The summed E-state index contributed by atoms with van der Waals surface area (Å²) in [4.78, 5) is 15.5. The Balaban J connectivity index is 2.15. The third kappa shape index (κ3) is 3.13. The molecule has 1 aromatic carbocycles. The molecule has 0 saturated heterocycles. The quantitative estimate of drug-likeness (QED) is 0.855. The van der Waals surface area contributed by atoms with Crippen LogP contribution in [-0.4, -0.2) is 17.6 Å². The van der Waals surface area contributed by atoms with Crippen molar-refractivity contribution >= 4 is 17.7 Å². The number of carbonyl (C=O) groups is 1. The first kappa shape index (κ1) is 13.1. The average molecular weight is 260 g/mol. The van der Waals surface area contributed by atoms with Crippen LogP contribution in [0.15, 0.2) is 28.9 Å². The van der Waals surface area contributed by atoms with Crippen molar-refractivity contribution in [2.24, 2.45) is 0 Å². The maximum absolute atomic E-state index is 11.5. The Bertz CT molecular complexity index is 590. The molecule has 0 radical (unpaired) electrons. The van der Waals surface area contributed by atoms with Crippen molar-refractivity contribution in [1.82, 2.24) is 4.98 Å². The van der Waals surface area contributed by atoms with Crippen molar-refractivity contribution in [3.05, 3.63) is 41.3 Å². The molecular formula is C14H16N2O3. The molecule has 0 spiro atoms. The minimum atomic E-state index is -0.486. The zero-order chi connectivity index (χ0) is 13.8. The van der Waals surface area contributed by atoms with E-state index in [2.05, 4.69) is 10.3 Å². The molecule has 0 aliphatic heterocycles. The van der Waals surface area contributed by atoms with Gasteiger partial charge in [0.05, 0.1) is 6.61 Å². The lowest BCUT2D eigenvalue weighted by Gasteiger charge is -2.06. The van der Waals surface area contributed by atoms with Gasteiger partial charge in [-0.3, -0.25) is 0 Å². The molecule has 0 unspecified atom stereocenters. The second-order valence-corrected chi connectivity index (χ2v) is 4.20. The number of nitrogens with zero attached hydrogens (tertiary/aromatic N) is 1. The van der Waals surface area contributed by atoms with E-state index >= 15 is 0 Å². The van der Waals surface area contributed by atoms with Crippen LogP contribution in [0, 0.1) is 13.8 Å². The molecular weight excluding hydrogens is 244 g/mol. The SMILES string of the molecule is CCOC(=O)c1coc(Nc2cc(C)ccc2C)n1. The number of rotatable bonds is 4. The normalized spacial score (nSPS) is 10.3. The van der Waals surface area contributed by atoms with Gasteiger partial charge < -0.3 is 14.5 Å². The molecule has 1 heterocycles. The van der Waals surface area contributed by atoms with E-state index in [1.54, 1.807) is 6.92 Å². The van der Waals surface area contributed by atoms with E-state index in [0.29, 0.717) is 6.61 Å². The smallest absolute Gasteiger partial charge is 0.360 e. The van der Waals surface area contributed by atoms with Crippen molar-refractivity contribution < 1.29 is 13.9 Å². The first-order valence-corrected chi connectivity index (χ1v) is 6.07. The Morgan fingerprint density at radius 1 is 1.42 bits per heavy atom. The molecule has 2 rings (SSSR count). The highest BCUT2D eigenvalue weighted by molar-refractivity contribution is 5.87. The van der Waals surface area contributed by atoms with Crippen LogP contribution < -0.4 is 5.32 Å². The van der Waals surface area contributed by atoms with Crippen molar-refractivity contribution in [3.8, 4) is 0 Å². The molecule has 5 heteroatoms. The first-order chi connectivity index (χ1) is 9.10. The molecule has 19 heavy (non-hydrogen) atoms. The molecule has 1 aromatic heterocycles. The maximum atomic E-state index is 11.5. The summed E-state index contributed by atoms with van der Waals surface area (Å²) >= 11 is 0. The molecule has 0 bridgehead atoms. The highest BCUT2D eigenvalue weighted by Crippen LogP contribution is 2.21. The van der Waals surface area contributed by atoms with Crippen LogP contribution >= 0.6 is 0 Å². The lowest BCUT2D eigenvalue weighted by molar-refractivity contribution is 0.0519. The van der Waals surface area contributed by atoms with Gasteiger partial charge in [0.25, 0.3) is 6.01 Å². The van der Waals surface area contributed by atoms with E-state index in [4.69, 9.17) is 9.15 Å². The third-order valence-corrected chi connectivity index (χ3v) is 2.62. The molecule has 0 saturated carbocycles. The van der Waals surface area contributed by atoms with Gasteiger partial charge in [-0.25, -0.2) is 4.79 Å². The number of oxazole rings is 1. The third-order valence-electron chi connectivity index (χ3n) is 2.62. The van der Waals surface area contributed by atoms with Crippen LogP contribution in [0.3, 0.4) is 0 Å². The Morgan fingerprint density at radius 2 is 2.21 bits per heavy atom. The lowest BCUT2D eigenvalue weighted by atomic mass is 10.1. The van der Waals surface area contributed by atoms with E-state index in [9.17, 15) is 4.79 Å². The van der Waals surface area contributed by atoms with E-state index in [1.807, 2.05) is 32.0 Å². The largest absolute Gasteiger partial charge is 0.461 e. The number of benzene rings is 1. The van der Waals surface area contributed by atoms with E-state index in [0.717, 1.165) is 16.8 Å². The Kier molecular flexibility index (Phi) is 3.85. The van der Waals surface area contributed by atoms with Gasteiger partial charge >= 0.3 is 5.97 Å². The average Bonchev–Trinajstić information content (AvgIpc) is 2.83. The van der Waals surface area contributed by atoms with Gasteiger partial charge in [0.2, 0.25) is 0 Å². The number of aromatic nitrogens is 1. The summed E-state index contributed by atoms with van der Waals surface area (Å²) in [5, 5.41) is 3.04. The van der Waals surface area contributed by atoms with Crippen LogP contribution in [-0.2, 0) is 4.74 Å². The summed E-state index contributed by atoms with van der Waals surface area (Å²) < 4.78 is 10.1. The summed E-state index contributed by atoms with van der Waals surface area (Å²) in [6, 6.07) is 6.30. The number of nitrogens with one attached hydrogen (secondary N) is 1. The lowest BCUT2D eigenvalue weighted by Crippen LogP contribution is -2.05. The van der Waals surface area contributed by atoms with Gasteiger partial charge in [0.1, 0.15) is 6.26 Å². The van der Waals surface area contributed by atoms with Crippen LogP contribution in [0.25, 0.3) is 0 Å². The Morgan fingerprint density at radius 3 is 2.95 bits per heavy atom. The fraction of sp³-hybridized carbons (Fsp3) is 0.286. The Labute approximate surface area is 111 Å². The molecule has 5 nitrogen and oxygen atoms in total. The molecule has 0 aliphatic rings. The maximum Gasteiger partial charge on any atom is 0.360 e. The van der Waals surface area contributed by atoms with Gasteiger partial charge in [-0.05, 0) is 38.0 Å². The van der Waals surface area contributed by atoms with Crippen LogP contribution in [0.1, 0.15) is 28.5 Å². The van der Waals surface area contributed by atoms with Gasteiger partial charge in [0, 0.05) is 5.69 Å².